The molecular weight excluding hydrogens is 376 g/mol. The zero-order valence-corrected chi connectivity index (χ0v) is 17.5. The van der Waals surface area contributed by atoms with E-state index >= 15 is 0 Å². The fourth-order valence-corrected chi connectivity index (χ4v) is 6.04. The Balaban J connectivity index is 1.46. The minimum Gasteiger partial charge on any atom is -0.381 e. The number of fused-ring (bicyclic) bond motifs is 3. The average molecular weight is 405 g/mol. The number of urea groups is 1. The van der Waals surface area contributed by atoms with Gasteiger partial charge < -0.3 is 10.1 Å². The first kappa shape index (κ1) is 18.4. The molecule has 0 bridgehead atoms. The number of carbonyl (C=O) groups excluding carboxylic acids is 2. The summed E-state index contributed by atoms with van der Waals surface area (Å²) in [6.07, 6.45) is 8.92. The van der Waals surface area contributed by atoms with Crippen molar-refractivity contribution in [3.63, 3.8) is 0 Å². The maximum atomic E-state index is 14.0. The molecular formula is C25H28N2O3. The molecule has 1 unspecified atom stereocenters. The fraction of sp³-hybridized carbons (Fsp3) is 0.600. The van der Waals surface area contributed by atoms with E-state index in [2.05, 4.69) is 35.4 Å². The predicted molar refractivity (Wildman–Crippen MR) is 112 cm³/mol. The lowest BCUT2D eigenvalue weighted by Gasteiger charge is -2.46. The van der Waals surface area contributed by atoms with Crippen LogP contribution >= 0.6 is 0 Å². The maximum absolute atomic E-state index is 14.0. The molecule has 4 aliphatic carbocycles. The van der Waals surface area contributed by atoms with Crippen molar-refractivity contribution in [2.45, 2.75) is 75.5 Å². The summed E-state index contributed by atoms with van der Waals surface area (Å²) in [5, 5.41) is 3.25. The van der Waals surface area contributed by atoms with Gasteiger partial charge in [-0.05, 0) is 81.0 Å². The summed E-state index contributed by atoms with van der Waals surface area (Å²) in [4.78, 5) is 28.5. The number of hydrogen-bond donors (Lipinski definition) is 1. The molecule has 1 aromatic rings. The number of nitrogens with zero attached hydrogens (tertiary/aromatic N) is 1. The molecule has 4 fully saturated rings. The van der Waals surface area contributed by atoms with Crippen LogP contribution in [0.25, 0.3) is 0 Å². The zero-order chi connectivity index (χ0) is 20.5. The highest BCUT2D eigenvalue weighted by molar-refractivity contribution is 6.09. The fourth-order valence-electron chi connectivity index (χ4n) is 6.04. The molecule has 1 saturated heterocycles. The van der Waals surface area contributed by atoms with Crippen molar-refractivity contribution in [1.82, 2.24) is 10.2 Å². The van der Waals surface area contributed by atoms with Crippen LogP contribution in [0.4, 0.5) is 4.79 Å². The molecule has 1 atom stereocenters. The summed E-state index contributed by atoms with van der Waals surface area (Å²) < 4.78 is 5.62. The minimum atomic E-state index is -0.946. The first-order valence-electron chi connectivity index (χ1n) is 11.4. The Morgan fingerprint density at radius 1 is 1.10 bits per heavy atom. The van der Waals surface area contributed by atoms with E-state index in [1.54, 1.807) is 7.11 Å². The first-order chi connectivity index (χ1) is 14.6. The molecule has 156 valence electrons. The van der Waals surface area contributed by atoms with Gasteiger partial charge in [-0.25, -0.2) is 4.79 Å². The lowest BCUT2D eigenvalue weighted by Crippen LogP contribution is -2.56. The van der Waals surface area contributed by atoms with Crippen molar-refractivity contribution in [1.29, 1.82) is 0 Å². The second-order valence-corrected chi connectivity index (χ2v) is 9.89. The van der Waals surface area contributed by atoms with Crippen LogP contribution in [0.5, 0.6) is 0 Å². The van der Waals surface area contributed by atoms with Crippen molar-refractivity contribution < 1.29 is 14.3 Å². The normalized spacial score (nSPS) is 34.8. The molecule has 1 N–H and O–H groups in total. The van der Waals surface area contributed by atoms with Gasteiger partial charge in [0, 0.05) is 30.0 Å². The molecule has 3 saturated carbocycles. The Bertz CT molecular complexity index is 989. The molecule has 5 aliphatic rings. The highest BCUT2D eigenvalue weighted by atomic mass is 16.5. The standard InChI is InChI=1S/C25H28N2O3/c1-30-20-10-12-24(13-11-20)15-18-7-6-17(5-4-16-2-3-16)14-21(18)25(24)22(28)27(19-8-9-19)23(29)26-25/h6-7,14,16,19-20H,2-3,8-13,15H2,1H3,(H,26,29). The Labute approximate surface area is 177 Å². The molecule has 1 aromatic carbocycles. The monoisotopic (exact) mass is 404 g/mol. The molecule has 1 aliphatic heterocycles. The van der Waals surface area contributed by atoms with Gasteiger partial charge in [0.25, 0.3) is 5.91 Å². The summed E-state index contributed by atoms with van der Waals surface area (Å²) in [6.45, 7) is 0. The molecule has 5 heteroatoms. The van der Waals surface area contributed by atoms with E-state index in [9.17, 15) is 9.59 Å². The molecule has 1 heterocycles. The van der Waals surface area contributed by atoms with E-state index in [-0.39, 0.29) is 29.5 Å². The number of methoxy groups -OCH3 is 1. The molecule has 30 heavy (non-hydrogen) atoms. The third kappa shape index (κ3) is 2.53. The van der Waals surface area contributed by atoms with Crippen LogP contribution < -0.4 is 5.32 Å². The Kier molecular flexibility index (Phi) is 3.90. The van der Waals surface area contributed by atoms with Gasteiger partial charge in [-0.3, -0.25) is 9.69 Å². The Morgan fingerprint density at radius 3 is 2.53 bits per heavy atom. The van der Waals surface area contributed by atoms with Crippen molar-refractivity contribution in [2.75, 3.05) is 7.11 Å². The van der Waals surface area contributed by atoms with Gasteiger partial charge in [-0.15, -0.1) is 0 Å². The minimum absolute atomic E-state index is 0.0306. The number of imide groups is 1. The van der Waals surface area contributed by atoms with Crippen molar-refractivity contribution in [3.05, 3.63) is 34.9 Å². The van der Waals surface area contributed by atoms with E-state index < -0.39 is 5.54 Å². The highest BCUT2D eigenvalue weighted by Gasteiger charge is 2.69. The van der Waals surface area contributed by atoms with Crippen molar-refractivity contribution >= 4 is 11.9 Å². The summed E-state index contributed by atoms with van der Waals surface area (Å²) in [5.41, 5.74) is 1.91. The molecule has 2 spiro atoms. The average Bonchev–Trinajstić information content (AvgIpc) is 3.67. The first-order valence-corrected chi connectivity index (χ1v) is 11.4. The second kappa shape index (κ2) is 6.34. The van der Waals surface area contributed by atoms with Gasteiger partial charge in [-0.1, -0.05) is 17.9 Å². The molecule has 3 amide bonds. The predicted octanol–water partition coefficient (Wildman–Crippen LogP) is 3.49. The lowest BCUT2D eigenvalue weighted by atomic mass is 9.61. The smallest absolute Gasteiger partial charge is 0.325 e. The second-order valence-electron chi connectivity index (χ2n) is 9.89. The summed E-state index contributed by atoms with van der Waals surface area (Å²) in [7, 11) is 1.77. The number of hydrogen-bond acceptors (Lipinski definition) is 3. The van der Waals surface area contributed by atoms with Crippen LogP contribution in [-0.2, 0) is 21.5 Å². The lowest BCUT2D eigenvalue weighted by molar-refractivity contribution is -0.139. The highest BCUT2D eigenvalue weighted by Crippen LogP contribution is 2.60. The van der Waals surface area contributed by atoms with E-state index in [1.807, 2.05) is 0 Å². The number of rotatable bonds is 2. The summed E-state index contributed by atoms with van der Waals surface area (Å²) >= 11 is 0. The number of carbonyl (C=O) groups is 2. The quantitative estimate of drug-likeness (QED) is 0.606. The van der Waals surface area contributed by atoms with Gasteiger partial charge in [0.05, 0.1) is 6.10 Å². The van der Waals surface area contributed by atoms with E-state index in [4.69, 9.17) is 4.74 Å². The topological polar surface area (TPSA) is 58.6 Å². The van der Waals surface area contributed by atoms with Gasteiger partial charge in [0.2, 0.25) is 0 Å². The van der Waals surface area contributed by atoms with Crippen LogP contribution in [0, 0.1) is 23.2 Å². The van der Waals surface area contributed by atoms with Crippen molar-refractivity contribution in [3.8, 4) is 11.8 Å². The number of nitrogens with one attached hydrogen (secondary N) is 1. The number of amides is 3. The number of ether oxygens (including phenoxy) is 1. The van der Waals surface area contributed by atoms with E-state index in [1.165, 1.54) is 23.3 Å². The summed E-state index contributed by atoms with van der Waals surface area (Å²) in [6, 6.07) is 6.19. The Hall–Kier alpha value is -2.32. The van der Waals surface area contributed by atoms with Gasteiger partial charge in [0.1, 0.15) is 0 Å². The maximum Gasteiger partial charge on any atom is 0.325 e. The third-order valence-electron chi connectivity index (χ3n) is 8.02. The van der Waals surface area contributed by atoms with Crippen LogP contribution in [-0.4, -0.2) is 36.1 Å². The van der Waals surface area contributed by atoms with E-state index in [0.717, 1.165) is 56.1 Å². The zero-order valence-electron chi connectivity index (χ0n) is 17.5. The van der Waals surface area contributed by atoms with E-state index in [0.29, 0.717) is 5.92 Å². The van der Waals surface area contributed by atoms with Gasteiger partial charge >= 0.3 is 6.03 Å². The van der Waals surface area contributed by atoms with Gasteiger partial charge in [0.15, 0.2) is 5.54 Å². The molecule has 5 nitrogen and oxygen atoms in total. The van der Waals surface area contributed by atoms with Crippen LogP contribution in [0.2, 0.25) is 0 Å². The van der Waals surface area contributed by atoms with Gasteiger partial charge in [-0.2, -0.15) is 0 Å². The number of benzene rings is 1. The Morgan fingerprint density at radius 2 is 1.87 bits per heavy atom. The SMILES string of the molecule is COC1CCC2(CC1)Cc1ccc(C#CC3CC3)cc1C21NC(=O)N(C2CC2)C1=O. The van der Waals surface area contributed by atoms with Crippen LogP contribution in [0.1, 0.15) is 68.1 Å². The third-order valence-corrected chi connectivity index (χ3v) is 8.02. The molecule has 6 rings (SSSR count). The summed E-state index contributed by atoms with van der Waals surface area (Å²) in [5.74, 6) is 7.15. The van der Waals surface area contributed by atoms with Crippen LogP contribution in [0.3, 0.4) is 0 Å². The van der Waals surface area contributed by atoms with Crippen LogP contribution in [0.15, 0.2) is 18.2 Å². The largest absolute Gasteiger partial charge is 0.381 e. The van der Waals surface area contributed by atoms with Crippen molar-refractivity contribution in [2.24, 2.45) is 11.3 Å². The molecule has 0 aromatic heterocycles. The molecule has 0 radical (unpaired) electrons.